The number of benzene rings is 2. The third-order valence-electron chi connectivity index (χ3n) is 3.60. The van der Waals surface area contributed by atoms with Crippen LogP contribution in [-0.4, -0.2) is 21.8 Å². The summed E-state index contributed by atoms with van der Waals surface area (Å²) in [7, 11) is 0. The third kappa shape index (κ3) is 2.72. The Hall–Kier alpha value is -2.62. The average Bonchev–Trinajstić information content (AvgIpc) is 2.85. The number of carbonyl (C=O) groups excluding carboxylic acids is 1. The van der Waals surface area contributed by atoms with E-state index in [1.165, 1.54) is 4.68 Å². The second-order valence-corrected chi connectivity index (χ2v) is 5.45. The zero-order valence-electron chi connectivity index (χ0n) is 12.9. The molecule has 0 amide bonds. The number of hydrogen-bond acceptors (Lipinski definition) is 3. The van der Waals surface area contributed by atoms with Gasteiger partial charge in [0.1, 0.15) is 5.75 Å². The van der Waals surface area contributed by atoms with Crippen LogP contribution >= 0.6 is 0 Å². The molecule has 3 aromatic rings. The van der Waals surface area contributed by atoms with Crippen molar-refractivity contribution in [2.75, 3.05) is 0 Å². The number of fused-ring (bicyclic) bond motifs is 1. The molecule has 1 aromatic heterocycles. The molecule has 1 heterocycles. The van der Waals surface area contributed by atoms with E-state index >= 15 is 0 Å². The second kappa shape index (κ2) is 5.64. The first-order valence-corrected chi connectivity index (χ1v) is 7.27. The molecule has 0 N–H and O–H groups in total. The Morgan fingerprint density at radius 2 is 1.82 bits per heavy atom. The molecular formula is C18H18N2O2. The zero-order valence-corrected chi connectivity index (χ0v) is 12.9. The minimum Gasteiger partial charge on any atom is -0.481 e. The summed E-state index contributed by atoms with van der Waals surface area (Å²) >= 11 is 0. The zero-order chi connectivity index (χ0) is 15.7. The number of hydrogen-bond donors (Lipinski definition) is 0. The van der Waals surface area contributed by atoms with Gasteiger partial charge in [0.05, 0.1) is 5.69 Å². The van der Waals surface area contributed by atoms with Gasteiger partial charge in [-0.15, -0.1) is 0 Å². The molecule has 0 radical (unpaired) electrons. The first-order chi connectivity index (χ1) is 10.5. The minimum absolute atomic E-state index is 0.168. The van der Waals surface area contributed by atoms with Gasteiger partial charge in [-0.05, 0) is 49.7 Å². The molecule has 112 valence electrons. The Kier molecular flexibility index (Phi) is 3.67. The lowest BCUT2D eigenvalue weighted by atomic mass is 10.1. The standard InChI is InChI=1S/C18H18N2O2/c1-12-10-13(2)20(19-12)18(21)14(3)22-17-9-8-15-6-4-5-7-16(15)11-17/h4-11,14H,1-3H3/t14-/m0/s1. The van der Waals surface area contributed by atoms with E-state index in [1.54, 1.807) is 6.92 Å². The van der Waals surface area contributed by atoms with Crippen LogP contribution in [0.1, 0.15) is 23.1 Å². The van der Waals surface area contributed by atoms with E-state index in [0.29, 0.717) is 5.75 Å². The molecule has 0 bridgehead atoms. The number of nitrogens with zero attached hydrogens (tertiary/aromatic N) is 2. The molecule has 22 heavy (non-hydrogen) atoms. The molecule has 1 atom stereocenters. The normalized spacial score (nSPS) is 12.3. The molecule has 3 rings (SSSR count). The lowest BCUT2D eigenvalue weighted by Crippen LogP contribution is -2.30. The smallest absolute Gasteiger partial charge is 0.287 e. The number of ether oxygens (including phenoxy) is 1. The summed E-state index contributed by atoms with van der Waals surface area (Å²) in [5.41, 5.74) is 1.64. The molecule has 2 aromatic carbocycles. The highest BCUT2D eigenvalue weighted by molar-refractivity contribution is 5.85. The Morgan fingerprint density at radius 3 is 2.50 bits per heavy atom. The molecule has 4 nitrogen and oxygen atoms in total. The van der Waals surface area contributed by atoms with Crippen molar-refractivity contribution in [3.8, 4) is 5.75 Å². The summed E-state index contributed by atoms with van der Waals surface area (Å²) in [6.07, 6.45) is -0.598. The minimum atomic E-state index is -0.598. The second-order valence-electron chi connectivity index (χ2n) is 5.45. The van der Waals surface area contributed by atoms with Crippen LogP contribution in [0.2, 0.25) is 0 Å². The molecule has 0 spiro atoms. The first-order valence-electron chi connectivity index (χ1n) is 7.27. The van der Waals surface area contributed by atoms with Crippen molar-refractivity contribution >= 4 is 16.7 Å². The van der Waals surface area contributed by atoms with Gasteiger partial charge < -0.3 is 4.74 Å². The van der Waals surface area contributed by atoms with Gasteiger partial charge in [0.2, 0.25) is 0 Å². The topological polar surface area (TPSA) is 44.1 Å². The molecule has 4 heteroatoms. The summed E-state index contributed by atoms with van der Waals surface area (Å²) in [6.45, 7) is 5.47. The molecular weight excluding hydrogens is 276 g/mol. The molecule has 0 fully saturated rings. The van der Waals surface area contributed by atoms with E-state index in [9.17, 15) is 4.79 Å². The van der Waals surface area contributed by atoms with Gasteiger partial charge in [0, 0.05) is 5.69 Å². The number of carbonyl (C=O) groups is 1. The third-order valence-corrected chi connectivity index (χ3v) is 3.60. The Morgan fingerprint density at radius 1 is 1.09 bits per heavy atom. The molecule has 0 saturated heterocycles. The van der Waals surface area contributed by atoms with Gasteiger partial charge in [-0.2, -0.15) is 5.10 Å². The predicted molar refractivity (Wildman–Crippen MR) is 86.4 cm³/mol. The van der Waals surface area contributed by atoms with Gasteiger partial charge >= 0.3 is 0 Å². The maximum Gasteiger partial charge on any atom is 0.287 e. The Labute approximate surface area is 129 Å². The quantitative estimate of drug-likeness (QED) is 0.738. The highest BCUT2D eigenvalue weighted by Crippen LogP contribution is 2.21. The fraction of sp³-hybridized carbons (Fsp3) is 0.222. The lowest BCUT2D eigenvalue weighted by molar-refractivity contribution is 0.0707. The molecule has 0 aliphatic carbocycles. The summed E-state index contributed by atoms with van der Waals surface area (Å²) in [5.74, 6) is 0.514. The van der Waals surface area contributed by atoms with E-state index in [2.05, 4.69) is 5.10 Å². The van der Waals surface area contributed by atoms with Crippen molar-refractivity contribution < 1.29 is 9.53 Å². The van der Waals surface area contributed by atoms with Gasteiger partial charge in [0.25, 0.3) is 5.91 Å². The largest absolute Gasteiger partial charge is 0.481 e. The van der Waals surface area contributed by atoms with Crippen LogP contribution in [0.25, 0.3) is 10.8 Å². The number of aryl methyl sites for hydroxylation is 2. The van der Waals surface area contributed by atoms with Crippen molar-refractivity contribution in [3.63, 3.8) is 0 Å². The Bertz CT molecular complexity index is 836. The lowest BCUT2D eigenvalue weighted by Gasteiger charge is -2.14. The van der Waals surface area contributed by atoms with Gasteiger partial charge in [-0.3, -0.25) is 4.79 Å². The SMILES string of the molecule is Cc1cc(C)n(C(=O)[C@H](C)Oc2ccc3ccccc3c2)n1. The maximum absolute atomic E-state index is 12.4. The first kappa shape index (κ1) is 14.3. The van der Waals surface area contributed by atoms with E-state index in [4.69, 9.17) is 4.74 Å². The van der Waals surface area contributed by atoms with Crippen molar-refractivity contribution in [2.45, 2.75) is 26.9 Å². The highest BCUT2D eigenvalue weighted by Gasteiger charge is 2.19. The highest BCUT2D eigenvalue weighted by atomic mass is 16.5. The fourth-order valence-electron chi connectivity index (χ4n) is 2.52. The summed E-state index contributed by atoms with van der Waals surface area (Å²) in [5, 5.41) is 6.44. The van der Waals surface area contributed by atoms with E-state index in [1.807, 2.05) is 62.4 Å². The molecule has 0 aliphatic heterocycles. The maximum atomic E-state index is 12.4. The number of aromatic nitrogens is 2. The van der Waals surface area contributed by atoms with Crippen molar-refractivity contribution in [1.29, 1.82) is 0 Å². The van der Waals surface area contributed by atoms with E-state index < -0.39 is 6.10 Å². The van der Waals surface area contributed by atoms with Crippen LogP contribution in [0.15, 0.2) is 48.5 Å². The van der Waals surface area contributed by atoms with Crippen LogP contribution in [-0.2, 0) is 0 Å². The summed E-state index contributed by atoms with van der Waals surface area (Å²) < 4.78 is 7.20. The predicted octanol–water partition coefficient (Wildman–Crippen LogP) is 3.76. The molecule has 0 unspecified atom stereocenters. The number of rotatable bonds is 3. The Balaban J connectivity index is 1.81. The van der Waals surface area contributed by atoms with Gasteiger partial charge in [-0.1, -0.05) is 30.3 Å². The van der Waals surface area contributed by atoms with Crippen LogP contribution in [0.5, 0.6) is 5.75 Å². The van der Waals surface area contributed by atoms with Crippen LogP contribution in [0.3, 0.4) is 0 Å². The van der Waals surface area contributed by atoms with Gasteiger partial charge in [-0.25, -0.2) is 4.68 Å². The van der Waals surface area contributed by atoms with Crippen LogP contribution in [0, 0.1) is 13.8 Å². The van der Waals surface area contributed by atoms with Crippen molar-refractivity contribution in [2.24, 2.45) is 0 Å². The van der Waals surface area contributed by atoms with Gasteiger partial charge in [0.15, 0.2) is 6.10 Å². The monoisotopic (exact) mass is 294 g/mol. The fourth-order valence-corrected chi connectivity index (χ4v) is 2.52. The average molecular weight is 294 g/mol. The molecule has 0 aliphatic rings. The van der Waals surface area contributed by atoms with E-state index in [-0.39, 0.29) is 5.91 Å². The van der Waals surface area contributed by atoms with Crippen LogP contribution in [0.4, 0.5) is 0 Å². The summed E-state index contributed by atoms with van der Waals surface area (Å²) in [6, 6.07) is 15.7. The summed E-state index contributed by atoms with van der Waals surface area (Å²) in [4.78, 5) is 12.4. The molecule has 0 saturated carbocycles. The van der Waals surface area contributed by atoms with Crippen molar-refractivity contribution in [1.82, 2.24) is 9.78 Å². The van der Waals surface area contributed by atoms with Crippen LogP contribution < -0.4 is 4.74 Å². The van der Waals surface area contributed by atoms with E-state index in [0.717, 1.165) is 22.2 Å². The van der Waals surface area contributed by atoms with Crippen molar-refractivity contribution in [3.05, 3.63) is 59.9 Å².